The molecular weight excluding hydrogens is 452 g/mol. The third-order valence-corrected chi connectivity index (χ3v) is 5.36. The molecule has 0 bridgehead atoms. The average molecular weight is 481 g/mol. The van der Waals surface area contributed by atoms with Crippen LogP contribution in [0, 0.1) is 0 Å². The largest absolute Gasteiger partial charge is 0.493 e. The maximum Gasteiger partial charge on any atom is 0.343 e. The summed E-state index contributed by atoms with van der Waals surface area (Å²) in [5, 5.41) is 11.3. The molecule has 3 aromatic rings. The summed E-state index contributed by atoms with van der Waals surface area (Å²) in [4.78, 5) is 25.3. The van der Waals surface area contributed by atoms with E-state index in [1.165, 1.54) is 33.5 Å². The second-order valence-electron chi connectivity index (χ2n) is 7.45. The third kappa shape index (κ3) is 5.91. The summed E-state index contributed by atoms with van der Waals surface area (Å²) in [6.45, 7) is 1.84. The standard InChI is InChI=1S/C27H28O8/c1-5-34-27(30)24(18-11-13-20(31-2)22(15-18)32-3)25(28)19-12-14-21(23(16-19)33-4)35-26(29)17-9-7-6-8-10-17/h6-16,24-25,28H,5H2,1-4H3/t24-,25-/m1/s1. The molecular formula is C27H28O8. The highest BCUT2D eigenvalue weighted by Crippen LogP contribution is 2.39. The van der Waals surface area contributed by atoms with Gasteiger partial charge in [0, 0.05) is 0 Å². The molecule has 0 saturated heterocycles. The summed E-state index contributed by atoms with van der Waals surface area (Å²) in [6.07, 6.45) is -1.29. The van der Waals surface area contributed by atoms with Crippen LogP contribution in [0.15, 0.2) is 66.7 Å². The third-order valence-electron chi connectivity index (χ3n) is 5.36. The van der Waals surface area contributed by atoms with Crippen molar-refractivity contribution in [1.29, 1.82) is 0 Å². The molecule has 3 rings (SSSR count). The van der Waals surface area contributed by atoms with Crippen molar-refractivity contribution in [2.75, 3.05) is 27.9 Å². The first-order valence-electron chi connectivity index (χ1n) is 10.9. The van der Waals surface area contributed by atoms with Crippen molar-refractivity contribution in [2.24, 2.45) is 0 Å². The fraction of sp³-hybridized carbons (Fsp3) is 0.259. The molecule has 0 aliphatic heterocycles. The van der Waals surface area contributed by atoms with Crippen LogP contribution in [0.1, 0.15) is 40.4 Å². The van der Waals surface area contributed by atoms with Crippen molar-refractivity contribution in [3.8, 4) is 23.0 Å². The summed E-state index contributed by atoms with van der Waals surface area (Å²) in [5.74, 6) is -0.918. The molecule has 0 fully saturated rings. The van der Waals surface area contributed by atoms with Crippen molar-refractivity contribution in [3.63, 3.8) is 0 Å². The minimum Gasteiger partial charge on any atom is -0.493 e. The van der Waals surface area contributed by atoms with E-state index in [1.807, 2.05) is 0 Å². The van der Waals surface area contributed by atoms with Crippen LogP contribution in [0.2, 0.25) is 0 Å². The van der Waals surface area contributed by atoms with Gasteiger partial charge in [0.05, 0.1) is 39.6 Å². The first kappa shape index (κ1) is 25.6. The van der Waals surface area contributed by atoms with E-state index in [2.05, 4.69) is 0 Å². The first-order chi connectivity index (χ1) is 16.9. The Labute approximate surface area is 204 Å². The lowest BCUT2D eigenvalue weighted by Crippen LogP contribution is -2.23. The molecule has 0 spiro atoms. The van der Waals surface area contributed by atoms with Gasteiger partial charge >= 0.3 is 11.9 Å². The second-order valence-corrected chi connectivity index (χ2v) is 7.45. The Morgan fingerprint density at radius 3 is 1.97 bits per heavy atom. The minimum absolute atomic E-state index is 0.146. The monoisotopic (exact) mass is 480 g/mol. The number of ether oxygens (including phenoxy) is 5. The highest BCUT2D eigenvalue weighted by molar-refractivity contribution is 5.91. The molecule has 0 saturated carbocycles. The zero-order chi connectivity index (χ0) is 25.4. The second kappa shape index (κ2) is 11.9. The van der Waals surface area contributed by atoms with Crippen molar-refractivity contribution >= 4 is 11.9 Å². The van der Waals surface area contributed by atoms with Gasteiger partial charge in [0.1, 0.15) is 5.92 Å². The molecule has 2 atom stereocenters. The SMILES string of the molecule is CCOC(=O)[C@H](c1ccc(OC)c(OC)c1)[C@H](O)c1ccc(OC(=O)c2ccccc2)c(OC)c1. The van der Waals surface area contributed by atoms with Gasteiger partial charge in [-0.25, -0.2) is 4.79 Å². The van der Waals surface area contributed by atoms with Gasteiger partial charge in [-0.05, 0) is 54.4 Å². The Balaban J connectivity index is 1.94. The van der Waals surface area contributed by atoms with E-state index in [0.717, 1.165) is 0 Å². The molecule has 0 radical (unpaired) electrons. The van der Waals surface area contributed by atoms with Crippen LogP contribution < -0.4 is 18.9 Å². The van der Waals surface area contributed by atoms with Crippen LogP contribution in [0.25, 0.3) is 0 Å². The molecule has 0 aliphatic rings. The van der Waals surface area contributed by atoms with Gasteiger partial charge in [-0.3, -0.25) is 4.79 Å². The van der Waals surface area contributed by atoms with Gasteiger partial charge in [-0.2, -0.15) is 0 Å². The number of aliphatic hydroxyl groups is 1. The molecule has 0 aliphatic carbocycles. The summed E-state index contributed by atoms with van der Waals surface area (Å²) >= 11 is 0. The summed E-state index contributed by atoms with van der Waals surface area (Å²) in [6, 6.07) is 18.1. The van der Waals surface area contributed by atoms with Crippen molar-refractivity contribution in [3.05, 3.63) is 83.4 Å². The van der Waals surface area contributed by atoms with Crippen LogP contribution in [-0.4, -0.2) is 45.0 Å². The molecule has 184 valence electrons. The lowest BCUT2D eigenvalue weighted by atomic mass is 9.88. The van der Waals surface area contributed by atoms with Crippen molar-refractivity contribution in [1.82, 2.24) is 0 Å². The Morgan fingerprint density at radius 2 is 1.34 bits per heavy atom. The molecule has 0 heterocycles. The number of hydrogen-bond donors (Lipinski definition) is 1. The van der Waals surface area contributed by atoms with Crippen LogP contribution in [0.4, 0.5) is 0 Å². The fourth-order valence-electron chi connectivity index (χ4n) is 3.60. The van der Waals surface area contributed by atoms with E-state index in [-0.39, 0.29) is 18.1 Å². The number of carbonyl (C=O) groups excluding carboxylic acids is 2. The minimum atomic E-state index is -1.29. The number of hydrogen-bond acceptors (Lipinski definition) is 8. The Kier molecular flexibility index (Phi) is 8.69. The van der Waals surface area contributed by atoms with Gasteiger partial charge < -0.3 is 28.8 Å². The van der Waals surface area contributed by atoms with E-state index in [9.17, 15) is 14.7 Å². The van der Waals surface area contributed by atoms with Gasteiger partial charge in [-0.15, -0.1) is 0 Å². The van der Waals surface area contributed by atoms with Crippen LogP contribution in [0.5, 0.6) is 23.0 Å². The predicted octanol–water partition coefficient (Wildman–Crippen LogP) is 4.31. The molecule has 8 nitrogen and oxygen atoms in total. The topological polar surface area (TPSA) is 101 Å². The van der Waals surface area contributed by atoms with Gasteiger partial charge in [-0.1, -0.05) is 30.3 Å². The quantitative estimate of drug-likeness (QED) is 0.338. The smallest absolute Gasteiger partial charge is 0.343 e. The first-order valence-corrected chi connectivity index (χ1v) is 10.9. The van der Waals surface area contributed by atoms with Gasteiger partial charge in [0.2, 0.25) is 0 Å². The number of carbonyl (C=O) groups is 2. The highest BCUT2D eigenvalue weighted by atomic mass is 16.6. The van der Waals surface area contributed by atoms with Crippen molar-refractivity contribution in [2.45, 2.75) is 18.9 Å². The number of methoxy groups -OCH3 is 3. The molecule has 3 aromatic carbocycles. The maximum absolute atomic E-state index is 12.9. The van der Waals surface area contributed by atoms with Gasteiger partial charge in [0.15, 0.2) is 23.0 Å². The number of rotatable bonds is 10. The maximum atomic E-state index is 12.9. The zero-order valence-corrected chi connectivity index (χ0v) is 20.0. The molecule has 0 unspecified atom stereocenters. The highest BCUT2D eigenvalue weighted by Gasteiger charge is 2.32. The Morgan fingerprint density at radius 1 is 0.771 bits per heavy atom. The van der Waals surface area contributed by atoms with Crippen LogP contribution in [0.3, 0.4) is 0 Å². The van der Waals surface area contributed by atoms with E-state index in [1.54, 1.807) is 61.5 Å². The fourth-order valence-corrected chi connectivity index (χ4v) is 3.60. The Hall–Kier alpha value is -4.04. The molecule has 0 aromatic heterocycles. The average Bonchev–Trinajstić information content (AvgIpc) is 2.89. The van der Waals surface area contributed by atoms with Crippen LogP contribution >= 0.6 is 0 Å². The van der Waals surface area contributed by atoms with E-state index in [0.29, 0.717) is 28.2 Å². The molecule has 8 heteroatoms. The molecule has 35 heavy (non-hydrogen) atoms. The number of esters is 2. The van der Waals surface area contributed by atoms with Crippen molar-refractivity contribution < 1.29 is 38.4 Å². The predicted molar refractivity (Wildman–Crippen MR) is 128 cm³/mol. The van der Waals surface area contributed by atoms with E-state index in [4.69, 9.17) is 23.7 Å². The zero-order valence-electron chi connectivity index (χ0n) is 20.0. The summed E-state index contributed by atoms with van der Waals surface area (Å²) < 4.78 is 26.7. The Bertz CT molecular complexity index is 1160. The summed E-state index contributed by atoms with van der Waals surface area (Å²) in [7, 11) is 4.41. The molecule has 1 N–H and O–H groups in total. The lowest BCUT2D eigenvalue weighted by Gasteiger charge is -2.23. The normalized spacial score (nSPS) is 12.3. The van der Waals surface area contributed by atoms with E-state index < -0.39 is 24.0 Å². The number of benzene rings is 3. The molecule has 0 amide bonds. The van der Waals surface area contributed by atoms with Gasteiger partial charge in [0.25, 0.3) is 0 Å². The summed E-state index contributed by atoms with van der Waals surface area (Å²) in [5.41, 5.74) is 1.23. The van der Waals surface area contributed by atoms with Crippen LogP contribution in [-0.2, 0) is 9.53 Å². The number of aliphatic hydroxyl groups excluding tert-OH is 1. The van der Waals surface area contributed by atoms with E-state index >= 15 is 0 Å². The lowest BCUT2D eigenvalue weighted by molar-refractivity contribution is -0.148.